The standard InChI is InChI=1S/C24H20Cl2N4O3S/c1-12-13(2)28-21(27-12)15-4-6-16(7-5-15)23(32)33-14(3)22(31)30-24-29-20(11-34-24)17-8-9-18(25)19(26)10-17/h4-11,14H,1-3H3,(H,27,28)(H,29,30,31). The highest BCUT2D eigenvalue weighted by Crippen LogP contribution is 2.30. The summed E-state index contributed by atoms with van der Waals surface area (Å²) in [5.41, 5.74) is 4.50. The molecule has 2 aromatic carbocycles. The maximum atomic E-state index is 12.5. The second-order valence-electron chi connectivity index (χ2n) is 7.58. The number of aromatic amines is 1. The number of rotatable bonds is 6. The van der Waals surface area contributed by atoms with Crippen molar-refractivity contribution in [3.8, 4) is 22.6 Å². The average Bonchev–Trinajstić information content (AvgIpc) is 3.42. The Labute approximate surface area is 210 Å². The van der Waals surface area contributed by atoms with Gasteiger partial charge in [0.1, 0.15) is 5.82 Å². The van der Waals surface area contributed by atoms with Crippen LogP contribution in [0.4, 0.5) is 5.13 Å². The number of imidazole rings is 1. The first-order chi connectivity index (χ1) is 16.2. The van der Waals surface area contributed by atoms with Crippen molar-refractivity contribution in [2.24, 2.45) is 0 Å². The normalized spacial score (nSPS) is 11.8. The quantitative estimate of drug-likeness (QED) is 0.294. The second-order valence-corrected chi connectivity index (χ2v) is 9.25. The van der Waals surface area contributed by atoms with E-state index in [9.17, 15) is 9.59 Å². The second kappa shape index (κ2) is 9.97. The van der Waals surface area contributed by atoms with E-state index in [1.807, 2.05) is 13.8 Å². The molecule has 0 aliphatic heterocycles. The Morgan fingerprint density at radius 3 is 2.38 bits per heavy atom. The zero-order chi connectivity index (χ0) is 24.4. The van der Waals surface area contributed by atoms with Crippen LogP contribution in [-0.4, -0.2) is 32.9 Å². The molecule has 2 N–H and O–H groups in total. The molecular weight excluding hydrogens is 495 g/mol. The summed E-state index contributed by atoms with van der Waals surface area (Å²) in [6.45, 7) is 5.38. The van der Waals surface area contributed by atoms with E-state index < -0.39 is 18.0 Å². The molecule has 0 saturated heterocycles. The maximum absolute atomic E-state index is 12.5. The molecule has 4 aromatic rings. The van der Waals surface area contributed by atoms with Gasteiger partial charge in [-0.3, -0.25) is 10.1 Å². The summed E-state index contributed by atoms with van der Waals surface area (Å²) in [6, 6.07) is 12.0. The molecule has 0 aliphatic carbocycles. The van der Waals surface area contributed by atoms with Gasteiger partial charge in [-0.25, -0.2) is 14.8 Å². The van der Waals surface area contributed by atoms with Crippen LogP contribution in [0.3, 0.4) is 0 Å². The van der Waals surface area contributed by atoms with Crippen molar-refractivity contribution in [1.29, 1.82) is 0 Å². The number of nitrogens with zero attached hydrogens (tertiary/aromatic N) is 2. The predicted octanol–water partition coefficient (Wildman–Crippen LogP) is 6.31. The topological polar surface area (TPSA) is 97.0 Å². The Kier molecular flexibility index (Phi) is 7.02. The lowest BCUT2D eigenvalue weighted by atomic mass is 10.1. The predicted molar refractivity (Wildman–Crippen MR) is 135 cm³/mol. The first-order valence-corrected chi connectivity index (χ1v) is 11.9. The number of aromatic nitrogens is 3. The van der Waals surface area contributed by atoms with Gasteiger partial charge >= 0.3 is 5.97 Å². The number of amides is 1. The lowest BCUT2D eigenvalue weighted by Gasteiger charge is -2.12. The van der Waals surface area contributed by atoms with Gasteiger partial charge in [0.25, 0.3) is 5.91 Å². The fourth-order valence-electron chi connectivity index (χ4n) is 3.06. The van der Waals surface area contributed by atoms with Crippen LogP contribution in [0.1, 0.15) is 28.7 Å². The highest BCUT2D eigenvalue weighted by atomic mass is 35.5. The number of carbonyl (C=O) groups excluding carboxylic acids is 2. The number of thiazole rings is 1. The molecule has 1 unspecified atom stereocenters. The van der Waals surface area contributed by atoms with Gasteiger partial charge in [-0.2, -0.15) is 0 Å². The molecule has 7 nitrogen and oxygen atoms in total. The molecule has 174 valence electrons. The van der Waals surface area contributed by atoms with Gasteiger partial charge in [0.05, 0.1) is 27.0 Å². The summed E-state index contributed by atoms with van der Waals surface area (Å²) in [5.74, 6) is -0.357. The largest absolute Gasteiger partial charge is 0.449 e. The summed E-state index contributed by atoms with van der Waals surface area (Å²) in [5, 5.41) is 5.70. The van der Waals surface area contributed by atoms with E-state index in [0.717, 1.165) is 28.3 Å². The Hall–Kier alpha value is -3.20. The van der Waals surface area contributed by atoms with E-state index in [1.54, 1.807) is 47.8 Å². The van der Waals surface area contributed by atoms with E-state index in [4.69, 9.17) is 27.9 Å². The summed E-state index contributed by atoms with van der Waals surface area (Å²) < 4.78 is 5.33. The lowest BCUT2D eigenvalue weighted by Crippen LogP contribution is -2.29. The van der Waals surface area contributed by atoms with E-state index in [0.29, 0.717) is 26.4 Å². The van der Waals surface area contributed by atoms with Crippen molar-refractivity contribution in [1.82, 2.24) is 15.0 Å². The number of aryl methyl sites for hydroxylation is 2. The van der Waals surface area contributed by atoms with Crippen LogP contribution in [0.5, 0.6) is 0 Å². The van der Waals surface area contributed by atoms with Crippen molar-refractivity contribution in [2.45, 2.75) is 26.9 Å². The Morgan fingerprint density at radius 2 is 1.74 bits per heavy atom. The molecule has 1 atom stereocenters. The van der Waals surface area contributed by atoms with E-state index in [1.165, 1.54) is 18.3 Å². The van der Waals surface area contributed by atoms with Gasteiger partial charge < -0.3 is 9.72 Å². The van der Waals surface area contributed by atoms with Crippen molar-refractivity contribution in [3.63, 3.8) is 0 Å². The smallest absolute Gasteiger partial charge is 0.338 e. The Bertz CT molecular complexity index is 1350. The molecule has 0 radical (unpaired) electrons. The van der Waals surface area contributed by atoms with E-state index >= 15 is 0 Å². The average molecular weight is 515 g/mol. The molecule has 0 spiro atoms. The van der Waals surface area contributed by atoms with Crippen LogP contribution < -0.4 is 5.32 Å². The minimum atomic E-state index is -1.01. The zero-order valence-corrected chi connectivity index (χ0v) is 20.8. The van der Waals surface area contributed by atoms with Gasteiger partial charge in [-0.05, 0) is 45.0 Å². The van der Waals surface area contributed by atoms with E-state index in [-0.39, 0.29) is 0 Å². The third-order valence-corrected chi connectivity index (χ3v) is 6.62. The first kappa shape index (κ1) is 23.9. The van der Waals surface area contributed by atoms with Crippen molar-refractivity contribution in [2.75, 3.05) is 5.32 Å². The summed E-state index contributed by atoms with van der Waals surface area (Å²) >= 11 is 13.3. The minimum Gasteiger partial charge on any atom is -0.449 e. The van der Waals surface area contributed by atoms with Crippen LogP contribution in [0.25, 0.3) is 22.6 Å². The monoisotopic (exact) mass is 514 g/mol. The molecule has 2 heterocycles. The molecule has 2 aromatic heterocycles. The Balaban J connectivity index is 1.36. The fraction of sp³-hybridized carbons (Fsp3) is 0.167. The van der Waals surface area contributed by atoms with Crippen LogP contribution >= 0.6 is 34.5 Å². The molecule has 0 bridgehead atoms. The molecule has 4 rings (SSSR count). The Morgan fingerprint density at radius 1 is 1.03 bits per heavy atom. The third kappa shape index (κ3) is 5.30. The van der Waals surface area contributed by atoms with Crippen LogP contribution in [0.15, 0.2) is 47.8 Å². The first-order valence-electron chi connectivity index (χ1n) is 10.3. The molecule has 0 aliphatic rings. The fourth-order valence-corrected chi connectivity index (χ4v) is 4.08. The van der Waals surface area contributed by atoms with E-state index in [2.05, 4.69) is 20.3 Å². The summed E-state index contributed by atoms with van der Waals surface area (Å²) in [6.07, 6.45) is -1.01. The number of carbonyl (C=O) groups is 2. The number of anilines is 1. The maximum Gasteiger partial charge on any atom is 0.338 e. The van der Waals surface area contributed by atoms with Crippen LogP contribution in [0.2, 0.25) is 10.0 Å². The number of halogens is 2. The van der Waals surface area contributed by atoms with Gasteiger partial charge in [0.2, 0.25) is 0 Å². The minimum absolute atomic E-state index is 0.333. The van der Waals surface area contributed by atoms with Crippen molar-refractivity contribution < 1.29 is 14.3 Å². The number of H-pyrrole nitrogens is 1. The third-order valence-electron chi connectivity index (χ3n) is 5.12. The lowest BCUT2D eigenvalue weighted by molar-refractivity contribution is -0.123. The number of benzene rings is 2. The zero-order valence-electron chi connectivity index (χ0n) is 18.5. The SMILES string of the molecule is Cc1nc(-c2ccc(C(=O)OC(C)C(=O)Nc3nc(-c4ccc(Cl)c(Cl)c4)cs3)cc2)[nH]c1C. The van der Waals surface area contributed by atoms with Gasteiger partial charge in [-0.1, -0.05) is 41.4 Å². The highest BCUT2D eigenvalue weighted by Gasteiger charge is 2.20. The molecule has 10 heteroatoms. The number of hydrogen-bond donors (Lipinski definition) is 2. The molecule has 34 heavy (non-hydrogen) atoms. The molecular formula is C24H20Cl2N4O3S. The number of nitrogens with one attached hydrogen (secondary N) is 2. The summed E-state index contributed by atoms with van der Waals surface area (Å²) in [7, 11) is 0. The highest BCUT2D eigenvalue weighted by molar-refractivity contribution is 7.14. The van der Waals surface area contributed by atoms with Crippen LogP contribution in [0, 0.1) is 13.8 Å². The van der Waals surface area contributed by atoms with Gasteiger partial charge in [0.15, 0.2) is 11.2 Å². The van der Waals surface area contributed by atoms with Crippen molar-refractivity contribution >= 4 is 51.5 Å². The van der Waals surface area contributed by atoms with Crippen LogP contribution in [-0.2, 0) is 9.53 Å². The number of esters is 1. The van der Waals surface area contributed by atoms with Crippen molar-refractivity contribution in [3.05, 3.63) is 74.8 Å². The number of hydrogen-bond acceptors (Lipinski definition) is 6. The summed E-state index contributed by atoms with van der Waals surface area (Å²) in [4.78, 5) is 37.1. The molecule has 0 saturated carbocycles. The van der Waals surface area contributed by atoms with Gasteiger partial charge in [-0.15, -0.1) is 11.3 Å². The van der Waals surface area contributed by atoms with Gasteiger partial charge in [0, 0.05) is 22.2 Å². The number of ether oxygens (including phenoxy) is 1. The molecule has 1 amide bonds. The molecule has 0 fully saturated rings.